The summed E-state index contributed by atoms with van der Waals surface area (Å²) in [6.45, 7) is 1.79. The molecule has 1 aromatic rings. The van der Waals surface area contributed by atoms with Gasteiger partial charge in [0.25, 0.3) is 0 Å². The molecule has 1 rings (SSSR count). The summed E-state index contributed by atoms with van der Waals surface area (Å²) >= 11 is 0. The first-order valence-corrected chi connectivity index (χ1v) is 5.65. The van der Waals surface area contributed by atoms with Crippen molar-refractivity contribution in [2.75, 3.05) is 7.11 Å². The molecule has 0 bridgehead atoms. The number of allylic oxidation sites excluding steroid dienone is 2. The molecule has 1 atom stereocenters. The van der Waals surface area contributed by atoms with E-state index in [0.29, 0.717) is 10.9 Å². The number of hydrogen-bond donors (Lipinski definition) is 0. The summed E-state index contributed by atoms with van der Waals surface area (Å²) in [5, 5.41) is 0.588. The molecule has 0 saturated carbocycles. The van der Waals surface area contributed by atoms with Crippen molar-refractivity contribution >= 4 is 19.1 Å². The second-order valence-electron chi connectivity index (χ2n) is 2.85. The molecule has 0 aliphatic carbocycles. The Morgan fingerprint density at radius 3 is 2.40 bits per heavy atom. The molecule has 3 nitrogen and oxygen atoms in total. The quantitative estimate of drug-likeness (QED) is 0.447. The van der Waals surface area contributed by atoms with E-state index in [4.69, 9.17) is 4.52 Å². The predicted molar refractivity (Wildman–Crippen MR) is 59.8 cm³/mol. The molecular weight excluding hydrogens is 211 g/mol. The van der Waals surface area contributed by atoms with Gasteiger partial charge in [0.05, 0.1) is 7.11 Å². The van der Waals surface area contributed by atoms with Gasteiger partial charge in [-0.3, -0.25) is 4.79 Å². The van der Waals surface area contributed by atoms with Gasteiger partial charge >= 0.3 is 8.03 Å². The van der Waals surface area contributed by atoms with E-state index in [0.717, 1.165) is 0 Å². The van der Waals surface area contributed by atoms with Crippen molar-refractivity contribution in [3.05, 3.63) is 42.0 Å². The minimum atomic E-state index is -1.79. The molecule has 1 unspecified atom stereocenters. The molecule has 0 aliphatic rings. The van der Waals surface area contributed by atoms with Gasteiger partial charge in [-0.1, -0.05) is 6.08 Å². The van der Waals surface area contributed by atoms with E-state index >= 15 is 0 Å². The summed E-state index contributed by atoms with van der Waals surface area (Å²) in [7, 11) is -0.406. The Hall–Kier alpha value is -1.31. The predicted octanol–water partition coefficient (Wildman–Crippen LogP) is 2.46. The standard InChI is InChI=1S/C11H12O3P/c1-3-4-11(12)9-5-7-10(8-6-9)15(13)14-2/h3-8H,1-2H3/q+1. The smallest absolute Gasteiger partial charge is 0.289 e. The topological polar surface area (TPSA) is 43.4 Å². The maximum atomic E-state index is 11.4. The number of benzene rings is 1. The SMILES string of the molecule is CC=CC(=O)c1ccc([P+](=O)OC)cc1. The summed E-state index contributed by atoms with van der Waals surface area (Å²) < 4.78 is 15.9. The third-order valence-electron chi connectivity index (χ3n) is 1.85. The van der Waals surface area contributed by atoms with Crippen molar-refractivity contribution < 1.29 is 13.9 Å². The lowest BCUT2D eigenvalue weighted by molar-refractivity contribution is 0.104. The molecule has 0 radical (unpaired) electrons. The summed E-state index contributed by atoms with van der Waals surface area (Å²) in [5.41, 5.74) is 0.580. The summed E-state index contributed by atoms with van der Waals surface area (Å²) in [4.78, 5) is 11.4. The van der Waals surface area contributed by atoms with Crippen LogP contribution in [0.15, 0.2) is 36.4 Å². The lowest BCUT2D eigenvalue weighted by Crippen LogP contribution is -2.00. The Morgan fingerprint density at radius 1 is 1.33 bits per heavy atom. The van der Waals surface area contributed by atoms with Crippen LogP contribution in [-0.2, 0) is 9.09 Å². The monoisotopic (exact) mass is 223 g/mol. The first-order chi connectivity index (χ1) is 7.19. The van der Waals surface area contributed by atoms with E-state index in [1.807, 2.05) is 0 Å². The lowest BCUT2D eigenvalue weighted by atomic mass is 10.1. The Labute approximate surface area is 89.6 Å². The summed E-state index contributed by atoms with van der Waals surface area (Å²) in [5.74, 6) is -0.0586. The minimum absolute atomic E-state index is 0.0586. The summed E-state index contributed by atoms with van der Waals surface area (Å²) in [6, 6.07) is 6.56. The molecule has 0 aromatic heterocycles. The molecule has 0 N–H and O–H groups in total. The van der Waals surface area contributed by atoms with E-state index in [1.165, 1.54) is 13.2 Å². The van der Waals surface area contributed by atoms with Crippen LogP contribution in [0.3, 0.4) is 0 Å². The molecule has 0 heterocycles. The molecule has 0 aliphatic heterocycles. The van der Waals surface area contributed by atoms with E-state index in [2.05, 4.69) is 0 Å². The van der Waals surface area contributed by atoms with Crippen LogP contribution in [0.5, 0.6) is 0 Å². The highest BCUT2D eigenvalue weighted by atomic mass is 31.1. The van der Waals surface area contributed by atoms with Crippen molar-refractivity contribution in [3.63, 3.8) is 0 Å². The van der Waals surface area contributed by atoms with Crippen molar-refractivity contribution in [1.29, 1.82) is 0 Å². The van der Waals surface area contributed by atoms with Crippen molar-refractivity contribution in [3.8, 4) is 0 Å². The van der Waals surface area contributed by atoms with E-state index in [1.54, 1.807) is 37.3 Å². The van der Waals surface area contributed by atoms with Gasteiger partial charge in [-0.25, -0.2) is 0 Å². The Balaban J connectivity index is 2.90. The van der Waals surface area contributed by atoms with Gasteiger partial charge < -0.3 is 0 Å². The fourth-order valence-corrected chi connectivity index (χ4v) is 1.70. The number of carbonyl (C=O) groups excluding carboxylic acids is 1. The van der Waals surface area contributed by atoms with Crippen LogP contribution in [0.2, 0.25) is 0 Å². The molecule has 0 amide bonds. The van der Waals surface area contributed by atoms with Gasteiger partial charge in [-0.05, 0) is 41.8 Å². The van der Waals surface area contributed by atoms with Gasteiger partial charge in [0.1, 0.15) is 0 Å². The number of carbonyl (C=O) groups is 1. The number of ketones is 1. The summed E-state index contributed by atoms with van der Waals surface area (Å²) in [6.07, 6.45) is 3.18. The maximum Gasteiger partial charge on any atom is 0.548 e. The van der Waals surface area contributed by atoms with Gasteiger partial charge in [-0.15, -0.1) is 4.52 Å². The van der Waals surface area contributed by atoms with Crippen LogP contribution in [0.1, 0.15) is 17.3 Å². The fraction of sp³-hybridized carbons (Fsp3) is 0.182. The Bertz CT molecular complexity index is 393. The Kier molecular flexibility index (Phi) is 4.35. The van der Waals surface area contributed by atoms with E-state index in [-0.39, 0.29) is 5.78 Å². The molecule has 78 valence electrons. The third kappa shape index (κ3) is 3.08. The van der Waals surface area contributed by atoms with Crippen LogP contribution in [0.25, 0.3) is 0 Å². The fourth-order valence-electron chi connectivity index (χ4n) is 1.10. The van der Waals surface area contributed by atoms with Gasteiger partial charge in [0, 0.05) is 5.56 Å². The molecule has 0 saturated heterocycles. The van der Waals surface area contributed by atoms with Gasteiger partial charge in [-0.2, -0.15) is 0 Å². The van der Waals surface area contributed by atoms with E-state index in [9.17, 15) is 9.36 Å². The second kappa shape index (κ2) is 5.54. The minimum Gasteiger partial charge on any atom is -0.289 e. The highest BCUT2D eigenvalue weighted by molar-refractivity contribution is 7.48. The first-order valence-electron chi connectivity index (χ1n) is 4.47. The molecule has 0 fully saturated rings. The zero-order chi connectivity index (χ0) is 11.3. The zero-order valence-electron chi connectivity index (χ0n) is 8.64. The molecule has 4 heteroatoms. The average molecular weight is 223 g/mol. The van der Waals surface area contributed by atoms with Crippen LogP contribution in [0, 0.1) is 0 Å². The van der Waals surface area contributed by atoms with Crippen LogP contribution in [-0.4, -0.2) is 12.9 Å². The van der Waals surface area contributed by atoms with E-state index < -0.39 is 8.03 Å². The van der Waals surface area contributed by atoms with Crippen molar-refractivity contribution in [1.82, 2.24) is 0 Å². The van der Waals surface area contributed by atoms with Crippen LogP contribution in [0.4, 0.5) is 0 Å². The maximum absolute atomic E-state index is 11.4. The highest BCUT2D eigenvalue weighted by Gasteiger charge is 2.19. The van der Waals surface area contributed by atoms with Gasteiger partial charge in [0.15, 0.2) is 5.78 Å². The first kappa shape index (κ1) is 11.8. The van der Waals surface area contributed by atoms with Crippen molar-refractivity contribution in [2.24, 2.45) is 0 Å². The van der Waals surface area contributed by atoms with Crippen molar-refractivity contribution in [2.45, 2.75) is 6.92 Å². The molecule has 0 spiro atoms. The molecule has 1 aromatic carbocycles. The normalized spacial score (nSPS) is 11.7. The zero-order valence-corrected chi connectivity index (χ0v) is 9.53. The average Bonchev–Trinajstić information content (AvgIpc) is 2.28. The van der Waals surface area contributed by atoms with Gasteiger partial charge in [0.2, 0.25) is 5.30 Å². The second-order valence-corrected chi connectivity index (χ2v) is 4.25. The van der Waals surface area contributed by atoms with Crippen LogP contribution >= 0.6 is 8.03 Å². The largest absolute Gasteiger partial charge is 0.548 e. The lowest BCUT2D eigenvalue weighted by Gasteiger charge is -1.93. The highest BCUT2D eigenvalue weighted by Crippen LogP contribution is 2.19. The number of hydrogen-bond acceptors (Lipinski definition) is 3. The molecular formula is C11H12O3P+. The Morgan fingerprint density at radius 2 is 1.93 bits per heavy atom. The third-order valence-corrected chi connectivity index (χ3v) is 2.90. The molecule has 15 heavy (non-hydrogen) atoms. The number of rotatable bonds is 4. The van der Waals surface area contributed by atoms with Crippen LogP contribution < -0.4 is 5.30 Å².